The molecule has 5 heteroatoms. The van der Waals surface area contributed by atoms with Gasteiger partial charge >= 0.3 is 0 Å². The van der Waals surface area contributed by atoms with Crippen LogP contribution in [0.2, 0.25) is 0 Å². The number of hydrogen-bond acceptors (Lipinski definition) is 5. The summed E-state index contributed by atoms with van der Waals surface area (Å²) in [5, 5.41) is 11.8. The van der Waals surface area contributed by atoms with Crippen molar-refractivity contribution in [3.05, 3.63) is 18.1 Å². The van der Waals surface area contributed by atoms with Gasteiger partial charge in [0.05, 0.1) is 12.4 Å². The summed E-state index contributed by atoms with van der Waals surface area (Å²) >= 11 is 0. The summed E-state index contributed by atoms with van der Waals surface area (Å²) in [6.45, 7) is 6.17. The van der Waals surface area contributed by atoms with E-state index in [1.54, 1.807) is 6.20 Å². The minimum absolute atomic E-state index is 0.340. The lowest BCUT2D eigenvalue weighted by molar-refractivity contribution is 0.261. The van der Waals surface area contributed by atoms with Crippen molar-refractivity contribution in [2.45, 2.75) is 26.3 Å². The summed E-state index contributed by atoms with van der Waals surface area (Å²) in [4.78, 5) is 10.3. The number of hydrogen-bond donors (Lipinski definition) is 1. The zero-order valence-electron chi connectivity index (χ0n) is 10.6. The smallest absolute Gasteiger partial charge is 0.158 e. The third-order valence-corrected chi connectivity index (χ3v) is 2.88. The second kappa shape index (κ2) is 6.81. The van der Waals surface area contributed by atoms with Gasteiger partial charge in [0, 0.05) is 19.1 Å². The lowest BCUT2D eigenvalue weighted by Crippen LogP contribution is -2.32. The molecule has 1 heterocycles. The molecule has 0 saturated heterocycles. The van der Waals surface area contributed by atoms with E-state index in [4.69, 9.17) is 5.26 Å². The first-order valence-corrected chi connectivity index (χ1v) is 5.83. The predicted octanol–water partition coefficient (Wildman–Crippen LogP) is 1.49. The first-order chi connectivity index (χ1) is 8.17. The number of nitrogens with one attached hydrogen (secondary N) is 1. The van der Waals surface area contributed by atoms with Crippen molar-refractivity contribution in [2.75, 3.05) is 25.5 Å². The van der Waals surface area contributed by atoms with Crippen LogP contribution in [0.5, 0.6) is 0 Å². The summed E-state index contributed by atoms with van der Waals surface area (Å²) in [6.07, 6.45) is 4.20. The Morgan fingerprint density at radius 1 is 1.47 bits per heavy atom. The normalized spacial score (nSPS) is 12.2. The molecule has 0 bridgehead atoms. The van der Waals surface area contributed by atoms with E-state index >= 15 is 0 Å². The van der Waals surface area contributed by atoms with Crippen molar-refractivity contribution in [2.24, 2.45) is 0 Å². The van der Waals surface area contributed by atoms with Gasteiger partial charge < -0.3 is 10.2 Å². The minimum atomic E-state index is 0.340. The molecular formula is C12H19N5. The molecule has 0 fully saturated rings. The Kier molecular flexibility index (Phi) is 5.37. The van der Waals surface area contributed by atoms with Gasteiger partial charge in [0.15, 0.2) is 5.69 Å². The molecule has 0 aliphatic carbocycles. The van der Waals surface area contributed by atoms with E-state index in [1.807, 2.05) is 6.07 Å². The second-order valence-electron chi connectivity index (χ2n) is 4.06. The van der Waals surface area contributed by atoms with Crippen molar-refractivity contribution < 1.29 is 0 Å². The van der Waals surface area contributed by atoms with Gasteiger partial charge in [0.2, 0.25) is 0 Å². The van der Waals surface area contributed by atoms with Crippen LogP contribution < -0.4 is 5.32 Å². The van der Waals surface area contributed by atoms with Gasteiger partial charge in [-0.1, -0.05) is 6.92 Å². The van der Waals surface area contributed by atoms with Crippen molar-refractivity contribution in [3.63, 3.8) is 0 Å². The minimum Gasteiger partial charge on any atom is -0.368 e. The van der Waals surface area contributed by atoms with E-state index in [-0.39, 0.29) is 0 Å². The number of nitriles is 1. The van der Waals surface area contributed by atoms with E-state index in [2.05, 4.69) is 41.1 Å². The average Bonchev–Trinajstić information content (AvgIpc) is 2.38. The fraction of sp³-hybridized carbons (Fsp3) is 0.583. The molecule has 1 rings (SSSR count). The average molecular weight is 233 g/mol. The summed E-state index contributed by atoms with van der Waals surface area (Å²) in [7, 11) is 2.11. The molecular weight excluding hydrogens is 214 g/mol. The number of nitrogens with zero attached hydrogens (tertiary/aromatic N) is 4. The highest BCUT2D eigenvalue weighted by molar-refractivity contribution is 5.32. The Hall–Kier alpha value is -1.67. The standard InChI is InChI=1S/C12H19N5/c1-4-10(2)17(3)6-5-14-12-9-15-11(7-13)8-16-12/h8-10H,4-6H2,1-3H3,(H,14,16). The highest BCUT2D eigenvalue weighted by Crippen LogP contribution is 2.02. The Morgan fingerprint density at radius 3 is 2.76 bits per heavy atom. The largest absolute Gasteiger partial charge is 0.368 e. The number of rotatable bonds is 6. The Labute approximate surface area is 102 Å². The summed E-state index contributed by atoms with van der Waals surface area (Å²) in [5.74, 6) is 0.710. The van der Waals surface area contributed by atoms with Crippen molar-refractivity contribution in [1.82, 2.24) is 14.9 Å². The summed E-state index contributed by atoms with van der Waals surface area (Å²) < 4.78 is 0. The lowest BCUT2D eigenvalue weighted by atomic mass is 10.2. The lowest BCUT2D eigenvalue weighted by Gasteiger charge is -2.23. The Morgan fingerprint density at radius 2 is 2.24 bits per heavy atom. The molecule has 92 valence electrons. The van der Waals surface area contributed by atoms with Gasteiger partial charge in [0.25, 0.3) is 0 Å². The number of likely N-dealkylation sites (N-methyl/N-ethyl adjacent to an activating group) is 1. The van der Waals surface area contributed by atoms with Crippen LogP contribution in [-0.4, -0.2) is 41.0 Å². The van der Waals surface area contributed by atoms with Crippen LogP contribution in [0.25, 0.3) is 0 Å². The fourth-order valence-corrected chi connectivity index (χ4v) is 1.37. The maximum atomic E-state index is 8.59. The van der Waals surface area contributed by atoms with E-state index in [0.717, 1.165) is 19.5 Å². The quantitative estimate of drug-likeness (QED) is 0.806. The van der Waals surface area contributed by atoms with Gasteiger partial charge in [-0.3, -0.25) is 0 Å². The monoisotopic (exact) mass is 233 g/mol. The molecule has 1 N–H and O–H groups in total. The molecule has 0 aromatic carbocycles. The number of anilines is 1. The molecule has 0 amide bonds. The summed E-state index contributed by atoms with van der Waals surface area (Å²) in [5.41, 5.74) is 0.340. The Bertz CT molecular complexity index is 367. The fourth-order valence-electron chi connectivity index (χ4n) is 1.37. The van der Waals surface area contributed by atoms with Crippen molar-refractivity contribution in [1.29, 1.82) is 5.26 Å². The van der Waals surface area contributed by atoms with Crippen LogP contribution in [-0.2, 0) is 0 Å². The number of aromatic nitrogens is 2. The third-order valence-electron chi connectivity index (χ3n) is 2.88. The molecule has 0 aliphatic rings. The van der Waals surface area contributed by atoms with Gasteiger partial charge in [-0.2, -0.15) is 5.26 Å². The molecule has 0 spiro atoms. The predicted molar refractivity (Wildman–Crippen MR) is 67.6 cm³/mol. The van der Waals surface area contributed by atoms with Crippen LogP contribution in [0, 0.1) is 11.3 Å². The topological polar surface area (TPSA) is 64.8 Å². The molecule has 17 heavy (non-hydrogen) atoms. The molecule has 1 aromatic rings. The molecule has 0 saturated carbocycles. The van der Waals surface area contributed by atoms with Crippen LogP contribution in [0.4, 0.5) is 5.82 Å². The Balaban J connectivity index is 2.33. The maximum absolute atomic E-state index is 8.59. The third kappa shape index (κ3) is 4.37. The van der Waals surface area contributed by atoms with Crippen LogP contribution >= 0.6 is 0 Å². The zero-order chi connectivity index (χ0) is 12.7. The maximum Gasteiger partial charge on any atom is 0.158 e. The zero-order valence-corrected chi connectivity index (χ0v) is 10.6. The van der Waals surface area contributed by atoms with Gasteiger partial charge in [-0.25, -0.2) is 9.97 Å². The van der Waals surface area contributed by atoms with Crippen LogP contribution in [0.1, 0.15) is 26.0 Å². The molecule has 0 aliphatic heterocycles. The van der Waals surface area contributed by atoms with Crippen molar-refractivity contribution in [3.8, 4) is 6.07 Å². The highest BCUT2D eigenvalue weighted by atomic mass is 15.1. The van der Waals surface area contributed by atoms with Crippen molar-refractivity contribution >= 4 is 5.82 Å². The molecule has 0 radical (unpaired) electrons. The van der Waals surface area contributed by atoms with Gasteiger partial charge in [-0.05, 0) is 20.4 Å². The highest BCUT2D eigenvalue weighted by Gasteiger charge is 2.05. The van der Waals surface area contributed by atoms with E-state index in [1.165, 1.54) is 6.20 Å². The first kappa shape index (κ1) is 13.4. The van der Waals surface area contributed by atoms with E-state index in [9.17, 15) is 0 Å². The molecule has 1 atom stereocenters. The van der Waals surface area contributed by atoms with Gasteiger partial charge in [0.1, 0.15) is 11.9 Å². The second-order valence-corrected chi connectivity index (χ2v) is 4.06. The first-order valence-electron chi connectivity index (χ1n) is 5.83. The molecule has 5 nitrogen and oxygen atoms in total. The van der Waals surface area contributed by atoms with Gasteiger partial charge in [-0.15, -0.1) is 0 Å². The molecule has 1 aromatic heterocycles. The molecule has 1 unspecified atom stereocenters. The van der Waals surface area contributed by atoms with Crippen LogP contribution in [0.3, 0.4) is 0 Å². The SMILES string of the molecule is CCC(C)N(C)CCNc1cnc(C#N)cn1. The van der Waals surface area contributed by atoms with Crippen LogP contribution in [0.15, 0.2) is 12.4 Å². The van der Waals surface area contributed by atoms with E-state index in [0.29, 0.717) is 17.6 Å². The summed E-state index contributed by atoms with van der Waals surface area (Å²) in [6, 6.07) is 2.53. The van der Waals surface area contributed by atoms with E-state index < -0.39 is 0 Å².